The van der Waals surface area contributed by atoms with Crippen LogP contribution in [0, 0.1) is 5.82 Å². The Hall–Kier alpha value is -3.21. The molecule has 1 heterocycles. The van der Waals surface area contributed by atoms with E-state index in [4.69, 9.17) is 10.5 Å². The first-order valence-electron chi connectivity index (χ1n) is 6.92. The van der Waals surface area contributed by atoms with Gasteiger partial charge in [-0.25, -0.2) is 4.39 Å². The Balaban J connectivity index is 1.85. The predicted molar refractivity (Wildman–Crippen MR) is 84.7 cm³/mol. The summed E-state index contributed by atoms with van der Waals surface area (Å²) in [5.74, 6) is 0.249. The molecule has 4 nitrogen and oxygen atoms in total. The lowest BCUT2D eigenvalue weighted by Gasteiger charge is -2.08. The highest BCUT2D eigenvalue weighted by atomic mass is 19.1. The first kappa shape index (κ1) is 14.7. The van der Waals surface area contributed by atoms with Gasteiger partial charge in [0.1, 0.15) is 23.0 Å². The van der Waals surface area contributed by atoms with Crippen molar-refractivity contribution < 1.29 is 13.9 Å². The molecule has 2 N–H and O–H groups in total. The summed E-state index contributed by atoms with van der Waals surface area (Å²) in [4.78, 5) is 15.4. The summed E-state index contributed by atoms with van der Waals surface area (Å²) < 4.78 is 18.5. The zero-order valence-corrected chi connectivity index (χ0v) is 12.1. The minimum Gasteiger partial charge on any atom is -0.457 e. The van der Waals surface area contributed by atoms with E-state index in [9.17, 15) is 9.18 Å². The van der Waals surface area contributed by atoms with Crippen LogP contribution in [0.5, 0.6) is 11.5 Å². The van der Waals surface area contributed by atoms with Crippen LogP contribution in [0.3, 0.4) is 0 Å². The van der Waals surface area contributed by atoms with Gasteiger partial charge in [0.2, 0.25) is 0 Å². The fourth-order valence-corrected chi connectivity index (χ4v) is 2.18. The lowest BCUT2D eigenvalue weighted by Crippen LogP contribution is -2.14. The molecule has 0 spiro atoms. The van der Waals surface area contributed by atoms with Gasteiger partial charge >= 0.3 is 0 Å². The summed E-state index contributed by atoms with van der Waals surface area (Å²) in [6.45, 7) is 0. The highest BCUT2D eigenvalue weighted by Crippen LogP contribution is 2.27. The largest absolute Gasteiger partial charge is 0.457 e. The molecule has 0 unspecified atom stereocenters. The number of hydrogen-bond acceptors (Lipinski definition) is 3. The van der Waals surface area contributed by atoms with Crippen molar-refractivity contribution in [1.29, 1.82) is 0 Å². The van der Waals surface area contributed by atoms with E-state index in [1.54, 1.807) is 36.4 Å². The van der Waals surface area contributed by atoms with Crippen LogP contribution in [0.4, 0.5) is 4.39 Å². The molecule has 0 radical (unpaired) electrons. The van der Waals surface area contributed by atoms with Crippen molar-refractivity contribution in [2.45, 2.75) is 0 Å². The topological polar surface area (TPSA) is 65.2 Å². The fraction of sp³-hybridized carbons (Fsp3) is 0. The third-order valence-corrected chi connectivity index (χ3v) is 3.26. The summed E-state index contributed by atoms with van der Waals surface area (Å²) in [6.07, 6.45) is 1.52. The number of pyridine rings is 1. The maximum Gasteiger partial charge on any atom is 0.267 e. The molecule has 1 amide bonds. The Labute approximate surface area is 132 Å². The van der Waals surface area contributed by atoms with Gasteiger partial charge in [-0.05, 0) is 48.0 Å². The van der Waals surface area contributed by atoms with Gasteiger partial charge in [0, 0.05) is 11.8 Å². The number of rotatable bonds is 4. The second kappa shape index (κ2) is 6.27. The van der Waals surface area contributed by atoms with Crippen molar-refractivity contribution in [1.82, 2.24) is 4.98 Å². The van der Waals surface area contributed by atoms with Crippen LogP contribution in [0.1, 0.15) is 10.5 Å². The maximum atomic E-state index is 12.9. The van der Waals surface area contributed by atoms with Gasteiger partial charge in [-0.2, -0.15) is 0 Å². The molecular weight excluding hydrogens is 295 g/mol. The molecule has 5 heteroatoms. The van der Waals surface area contributed by atoms with Crippen molar-refractivity contribution in [3.63, 3.8) is 0 Å². The van der Waals surface area contributed by atoms with Crippen LogP contribution in [0.15, 0.2) is 66.9 Å². The molecule has 0 atom stereocenters. The van der Waals surface area contributed by atoms with Crippen LogP contribution in [-0.4, -0.2) is 10.9 Å². The number of halogens is 1. The predicted octanol–water partition coefficient (Wildman–Crippen LogP) is 3.78. The molecule has 0 aliphatic rings. The smallest absolute Gasteiger partial charge is 0.267 e. The summed E-state index contributed by atoms with van der Waals surface area (Å²) in [5, 5.41) is 0. The molecular formula is C18H13FN2O2. The van der Waals surface area contributed by atoms with Gasteiger partial charge in [0.25, 0.3) is 5.91 Å². The zero-order chi connectivity index (χ0) is 16.2. The molecule has 0 fully saturated rings. The number of carbonyl (C=O) groups excluding carboxylic acids is 1. The van der Waals surface area contributed by atoms with Crippen LogP contribution in [-0.2, 0) is 0 Å². The Morgan fingerprint density at radius 1 is 0.957 bits per heavy atom. The number of primary amides is 1. The second-order valence-electron chi connectivity index (χ2n) is 4.84. The van der Waals surface area contributed by atoms with Gasteiger partial charge in [-0.15, -0.1) is 0 Å². The van der Waals surface area contributed by atoms with Crippen molar-refractivity contribution in [2.75, 3.05) is 0 Å². The standard InChI is InChI=1S/C18H13FN2O2/c19-13-5-9-15(10-6-13)23-14-7-3-12(4-8-14)16-2-1-11-21-17(16)18(20)22/h1-11H,(H2,20,22). The minimum absolute atomic E-state index is 0.222. The molecule has 0 aliphatic heterocycles. The zero-order valence-electron chi connectivity index (χ0n) is 12.1. The van der Waals surface area contributed by atoms with Crippen LogP contribution < -0.4 is 10.5 Å². The molecule has 0 saturated heterocycles. The maximum absolute atomic E-state index is 12.9. The molecule has 0 aliphatic carbocycles. The second-order valence-corrected chi connectivity index (χ2v) is 4.84. The van der Waals surface area contributed by atoms with E-state index >= 15 is 0 Å². The number of benzene rings is 2. The quantitative estimate of drug-likeness (QED) is 0.797. The Morgan fingerprint density at radius 3 is 2.17 bits per heavy atom. The molecule has 0 bridgehead atoms. The summed E-state index contributed by atoms with van der Waals surface area (Å²) in [5.41, 5.74) is 7.03. The van der Waals surface area contributed by atoms with Crippen LogP contribution in [0.2, 0.25) is 0 Å². The number of nitrogens with two attached hydrogens (primary N) is 1. The lowest BCUT2D eigenvalue weighted by atomic mass is 10.0. The number of amides is 1. The van der Waals surface area contributed by atoms with Gasteiger partial charge in [-0.1, -0.05) is 18.2 Å². The number of carbonyl (C=O) groups is 1. The summed E-state index contributed by atoms with van der Waals surface area (Å²) >= 11 is 0. The molecule has 2 aromatic carbocycles. The van der Waals surface area contributed by atoms with Crippen LogP contribution in [0.25, 0.3) is 11.1 Å². The normalized spacial score (nSPS) is 10.3. The summed E-state index contributed by atoms with van der Waals surface area (Å²) in [7, 11) is 0. The van der Waals surface area contributed by atoms with Gasteiger partial charge < -0.3 is 10.5 Å². The molecule has 3 aromatic rings. The van der Waals surface area contributed by atoms with E-state index in [0.29, 0.717) is 17.1 Å². The molecule has 1 aromatic heterocycles. The van der Waals surface area contributed by atoms with Gasteiger partial charge in [0.15, 0.2) is 0 Å². The van der Waals surface area contributed by atoms with E-state index in [0.717, 1.165) is 5.56 Å². The summed E-state index contributed by atoms with van der Waals surface area (Å²) in [6, 6.07) is 16.4. The van der Waals surface area contributed by atoms with Crippen molar-refractivity contribution >= 4 is 5.91 Å². The number of ether oxygens (including phenoxy) is 1. The van der Waals surface area contributed by atoms with E-state index in [1.807, 2.05) is 12.1 Å². The third kappa shape index (κ3) is 3.35. The molecule has 23 heavy (non-hydrogen) atoms. The Kier molecular flexibility index (Phi) is 4.01. The molecule has 114 valence electrons. The average molecular weight is 308 g/mol. The Morgan fingerprint density at radius 2 is 1.57 bits per heavy atom. The van der Waals surface area contributed by atoms with Crippen molar-refractivity contribution in [2.24, 2.45) is 5.73 Å². The minimum atomic E-state index is -0.577. The SMILES string of the molecule is NC(=O)c1ncccc1-c1ccc(Oc2ccc(F)cc2)cc1. The molecule has 0 saturated carbocycles. The highest BCUT2D eigenvalue weighted by Gasteiger charge is 2.10. The monoisotopic (exact) mass is 308 g/mol. The van der Waals surface area contributed by atoms with E-state index in [-0.39, 0.29) is 11.5 Å². The highest BCUT2D eigenvalue weighted by molar-refractivity contribution is 5.97. The fourth-order valence-electron chi connectivity index (χ4n) is 2.18. The number of hydrogen-bond donors (Lipinski definition) is 1. The lowest BCUT2D eigenvalue weighted by molar-refractivity contribution is 0.0996. The first-order chi connectivity index (χ1) is 11.1. The third-order valence-electron chi connectivity index (χ3n) is 3.26. The van der Waals surface area contributed by atoms with Crippen molar-refractivity contribution in [3.05, 3.63) is 78.4 Å². The van der Waals surface area contributed by atoms with E-state index in [1.165, 1.54) is 18.3 Å². The van der Waals surface area contributed by atoms with E-state index < -0.39 is 5.91 Å². The average Bonchev–Trinajstić information content (AvgIpc) is 2.58. The van der Waals surface area contributed by atoms with Crippen molar-refractivity contribution in [3.8, 4) is 22.6 Å². The first-order valence-corrected chi connectivity index (χ1v) is 6.92. The molecule has 3 rings (SSSR count). The Bertz CT molecular complexity index is 830. The van der Waals surface area contributed by atoms with E-state index in [2.05, 4.69) is 4.98 Å². The number of aromatic nitrogens is 1. The van der Waals surface area contributed by atoms with Gasteiger partial charge in [-0.3, -0.25) is 9.78 Å². The van der Waals surface area contributed by atoms with Gasteiger partial charge in [0.05, 0.1) is 0 Å². The number of nitrogens with zero attached hydrogens (tertiary/aromatic N) is 1. The van der Waals surface area contributed by atoms with Crippen LogP contribution >= 0.6 is 0 Å².